The summed E-state index contributed by atoms with van der Waals surface area (Å²) < 4.78 is 11.6. The molecule has 6 heteroatoms. The van der Waals surface area contributed by atoms with Gasteiger partial charge in [-0.05, 0) is 79.9 Å². The molecule has 1 spiro atoms. The number of benzene rings is 2. The predicted octanol–water partition coefficient (Wildman–Crippen LogP) is 5.52. The van der Waals surface area contributed by atoms with Crippen LogP contribution in [0.25, 0.3) is 0 Å². The predicted molar refractivity (Wildman–Crippen MR) is 137 cm³/mol. The van der Waals surface area contributed by atoms with Crippen LogP contribution in [0.1, 0.15) is 43.2 Å². The Morgan fingerprint density at radius 2 is 1.72 bits per heavy atom. The smallest absolute Gasteiger partial charge is 0.122 e. The molecule has 2 aliphatic heterocycles. The van der Waals surface area contributed by atoms with Gasteiger partial charge in [0.1, 0.15) is 18.1 Å². The summed E-state index contributed by atoms with van der Waals surface area (Å²) in [4.78, 5) is 2.62. The van der Waals surface area contributed by atoms with Crippen molar-refractivity contribution in [2.45, 2.75) is 45.1 Å². The van der Waals surface area contributed by atoms with Gasteiger partial charge in [-0.25, -0.2) is 0 Å². The van der Waals surface area contributed by atoms with Gasteiger partial charge in [-0.1, -0.05) is 36.8 Å². The summed E-state index contributed by atoms with van der Waals surface area (Å²) in [5.41, 5.74) is 3.13. The van der Waals surface area contributed by atoms with Gasteiger partial charge in [0.15, 0.2) is 0 Å². The van der Waals surface area contributed by atoms with E-state index in [-0.39, 0.29) is 24.8 Å². The standard InChI is InChI=1S/C26H36N2O2.2ClH/c1-29-24-11-9-22(10-12-24)20-28-18-19-30-25-8-3-2-6-23(25)7-4-5-13-26(21-28)14-16-27-17-15-26;;/h2-3,6,8-12,27H,4-5,7,13-21H2,1H3;2*1H. The van der Waals surface area contributed by atoms with Gasteiger partial charge in [0.05, 0.1) is 7.11 Å². The van der Waals surface area contributed by atoms with Crippen molar-refractivity contribution in [3.63, 3.8) is 0 Å². The molecular weight excluding hydrogens is 443 g/mol. The molecule has 0 amide bonds. The zero-order chi connectivity index (χ0) is 20.7. The zero-order valence-electron chi connectivity index (χ0n) is 19.2. The largest absolute Gasteiger partial charge is 0.497 e. The van der Waals surface area contributed by atoms with Gasteiger partial charge in [0, 0.05) is 19.6 Å². The normalized spacial score (nSPS) is 19.2. The molecule has 178 valence electrons. The Morgan fingerprint density at radius 3 is 2.47 bits per heavy atom. The van der Waals surface area contributed by atoms with Crippen LogP contribution in [0, 0.1) is 5.41 Å². The van der Waals surface area contributed by atoms with Crippen LogP contribution >= 0.6 is 24.8 Å². The lowest BCUT2D eigenvalue weighted by Crippen LogP contribution is -2.45. The van der Waals surface area contributed by atoms with E-state index in [0.717, 1.165) is 57.3 Å². The first-order chi connectivity index (χ1) is 14.8. The second-order valence-electron chi connectivity index (χ2n) is 8.97. The lowest BCUT2D eigenvalue weighted by atomic mass is 9.74. The van der Waals surface area contributed by atoms with Crippen molar-refractivity contribution in [1.82, 2.24) is 10.2 Å². The van der Waals surface area contributed by atoms with Crippen LogP contribution in [0.5, 0.6) is 11.5 Å². The third kappa shape index (κ3) is 7.28. The molecule has 2 aromatic carbocycles. The molecule has 0 saturated carbocycles. The van der Waals surface area contributed by atoms with Crippen molar-refractivity contribution in [1.29, 1.82) is 0 Å². The van der Waals surface area contributed by atoms with Crippen LogP contribution < -0.4 is 14.8 Å². The minimum Gasteiger partial charge on any atom is -0.497 e. The van der Waals surface area contributed by atoms with E-state index in [1.807, 2.05) is 0 Å². The number of methoxy groups -OCH3 is 1. The summed E-state index contributed by atoms with van der Waals surface area (Å²) in [6, 6.07) is 17.1. The third-order valence-electron chi connectivity index (χ3n) is 6.83. The molecular formula is C26H38Cl2N2O2. The van der Waals surface area contributed by atoms with Crippen molar-refractivity contribution < 1.29 is 9.47 Å². The van der Waals surface area contributed by atoms with Gasteiger partial charge in [-0.15, -0.1) is 24.8 Å². The summed E-state index contributed by atoms with van der Waals surface area (Å²) in [5, 5.41) is 3.58. The maximum atomic E-state index is 6.27. The maximum absolute atomic E-state index is 6.27. The number of nitrogens with zero attached hydrogens (tertiary/aromatic N) is 1. The molecule has 0 unspecified atom stereocenters. The molecule has 1 saturated heterocycles. The van der Waals surface area contributed by atoms with Crippen LogP contribution in [0.3, 0.4) is 0 Å². The highest BCUT2D eigenvalue weighted by Gasteiger charge is 2.33. The zero-order valence-corrected chi connectivity index (χ0v) is 20.8. The Morgan fingerprint density at radius 1 is 0.969 bits per heavy atom. The second kappa shape index (κ2) is 13.3. The monoisotopic (exact) mass is 480 g/mol. The summed E-state index contributed by atoms with van der Waals surface area (Å²) in [7, 11) is 1.72. The summed E-state index contributed by atoms with van der Waals surface area (Å²) in [5.74, 6) is 1.99. The fourth-order valence-electron chi connectivity index (χ4n) is 5.07. The first kappa shape index (κ1) is 26.8. The van der Waals surface area contributed by atoms with Crippen molar-refractivity contribution in [3.05, 3.63) is 59.7 Å². The highest BCUT2D eigenvalue weighted by Crippen LogP contribution is 2.36. The van der Waals surface area contributed by atoms with Gasteiger partial charge < -0.3 is 14.8 Å². The van der Waals surface area contributed by atoms with Crippen molar-refractivity contribution in [2.24, 2.45) is 5.41 Å². The molecule has 2 aliphatic rings. The van der Waals surface area contributed by atoms with Gasteiger partial charge >= 0.3 is 0 Å². The first-order valence-corrected chi connectivity index (χ1v) is 11.5. The molecule has 0 aromatic heterocycles. The van der Waals surface area contributed by atoms with Crippen LogP contribution in [0.2, 0.25) is 0 Å². The number of nitrogens with one attached hydrogen (secondary N) is 1. The molecule has 0 atom stereocenters. The molecule has 0 bridgehead atoms. The van der Waals surface area contributed by atoms with E-state index in [4.69, 9.17) is 9.47 Å². The number of fused-ring (bicyclic) bond motifs is 1. The lowest BCUT2D eigenvalue weighted by Gasteiger charge is -2.42. The lowest BCUT2D eigenvalue weighted by molar-refractivity contribution is 0.0829. The van der Waals surface area contributed by atoms with Crippen LogP contribution in [-0.2, 0) is 13.0 Å². The quantitative estimate of drug-likeness (QED) is 0.627. The molecule has 4 rings (SSSR count). The highest BCUT2D eigenvalue weighted by atomic mass is 35.5. The topological polar surface area (TPSA) is 33.7 Å². The third-order valence-corrected chi connectivity index (χ3v) is 6.83. The van der Waals surface area contributed by atoms with Gasteiger partial charge in [0.2, 0.25) is 0 Å². The molecule has 2 aromatic rings. The van der Waals surface area contributed by atoms with E-state index in [0.29, 0.717) is 5.41 Å². The van der Waals surface area contributed by atoms with Gasteiger partial charge in [0.25, 0.3) is 0 Å². The van der Waals surface area contributed by atoms with E-state index < -0.39 is 0 Å². The second-order valence-corrected chi connectivity index (χ2v) is 8.97. The molecule has 4 nitrogen and oxygen atoms in total. The van der Waals surface area contributed by atoms with Crippen LogP contribution in [0.15, 0.2) is 48.5 Å². The molecule has 0 aliphatic carbocycles. The number of piperidine rings is 1. The fraction of sp³-hybridized carbons (Fsp3) is 0.538. The molecule has 32 heavy (non-hydrogen) atoms. The number of aryl methyl sites for hydroxylation is 1. The average Bonchev–Trinajstić information content (AvgIpc) is 2.78. The number of rotatable bonds is 3. The van der Waals surface area contributed by atoms with E-state index >= 15 is 0 Å². The number of hydrogen-bond donors (Lipinski definition) is 1. The number of para-hydroxylation sites is 1. The van der Waals surface area contributed by atoms with E-state index in [2.05, 4.69) is 58.7 Å². The van der Waals surface area contributed by atoms with E-state index in [9.17, 15) is 0 Å². The Balaban J connectivity index is 0.00000181. The van der Waals surface area contributed by atoms with E-state index in [1.165, 1.54) is 43.2 Å². The van der Waals surface area contributed by atoms with Gasteiger partial charge in [-0.2, -0.15) is 0 Å². The minimum atomic E-state index is 0. The number of hydrogen-bond acceptors (Lipinski definition) is 4. The van der Waals surface area contributed by atoms with Crippen molar-refractivity contribution in [3.8, 4) is 11.5 Å². The Bertz CT molecular complexity index is 795. The Hall–Kier alpha value is -1.46. The maximum Gasteiger partial charge on any atom is 0.122 e. The van der Waals surface area contributed by atoms with Gasteiger partial charge in [-0.3, -0.25) is 4.90 Å². The van der Waals surface area contributed by atoms with Crippen molar-refractivity contribution >= 4 is 24.8 Å². The number of ether oxygens (including phenoxy) is 2. The first-order valence-electron chi connectivity index (χ1n) is 11.5. The molecule has 0 radical (unpaired) electrons. The Kier molecular flexibility index (Phi) is 11.1. The van der Waals surface area contributed by atoms with E-state index in [1.54, 1.807) is 7.11 Å². The summed E-state index contributed by atoms with van der Waals surface area (Å²) >= 11 is 0. The van der Waals surface area contributed by atoms with Crippen molar-refractivity contribution in [2.75, 3.05) is 39.9 Å². The molecule has 2 heterocycles. The SMILES string of the molecule is COc1ccc(CN2CCOc3ccccc3CCCCC3(CCNCC3)C2)cc1.Cl.Cl. The number of halogens is 2. The summed E-state index contributed by atoms with van der Waals surface area (Å²) in [6.07, 6.45) is 7.56. The molecule has 1 fully saturated rings. The van der Waals surface area contributed by atoms with Crippen LogP contribution in [-0.4, -0.2) is 44.8 Å². The summed E-state index contributed by atoms with van der Waals surface area (Å²) in [6.45, 7) is 6.11. The average molecular weight is 482 g/mol. The Labute approximate surface area is 205 Å². The molecule has 1 N–H and O–H groups in total. The minimum absolute atomic E-state index is 0. The fourth-order valence-corrected chi connectivity index (χ4v) is 5.07. The van der Waals surface area contributed by atoms with Crippen LogP contribution in [0.4, 0.5) is 0 Å². The highest BCUT2D eigenvalue weighted by molar-refractivity contribution is 5.85.